The molecule has 0 spiro atoms. The molecule has 0 saturated carbocycles. The molecule has 0 aromatic heterocycles. The molecular weight excluding hydrogens is 304 g/mol. The predicted octanol–water partition coefficient (Wildman–Crippen LogP) is 1.73. The zero-order chi connectivity index (χ0) is 17.2. The lowest BCUT2D eigenvalue weighted by Gasteiger charge is -2.37. The zero-order valence-electron chi connectivity index (χ0n) is 15.1. The van der Waals surface area contributed by atoms with Gasteiger partial charge in [0.1, 0.15) is 12.7 Å². The Morgan fingerprint density at radius 3 is 2.46 bits per heavy atom. The molecule has 1 aromatic rings. The van der Waals surface area contributed by atoms with E-state index in [0.29, 0.717) is 6.61 Å². The van der Waals surface area contributed by atoms with Crippen molar-refractivity contribution in [2.24, 2.45) is 0 Å². The molecule has 2 aliphatic rings. The van der Waals surface area contributed by atoms with E-state index in [9.17, 15) is 0 Å². The van der Waals surface area contributed by atoms with Crippen LogP contribution in [0, 0.1) is 0 Å². The van der Waals surface area contributed by atoms with Crippen molar-refractivity contribution < 1.29 is 14.6 Å². The van der Waals surface area contributed by atoms with Gasteiger partial charge in [0, 0.05) is 39.3 Å². The van der Waals surface area contributed by atoms with Crippen molar-refractivity contribution in [1.82, 2.24) is 9.80 Å². The van der Waals surface area contributed by atoms with Crippen molar-refractivity contribution in [2.45, 2.75) is 32.3 Å². The molecule has 5 heteroatoms. The number of ether oxygens (including phenoxy) is 2. The lowest BCUT2D eigenvalue weighted by atomic mass is 9.87. The predicted molar refractivity (Wildman–Crippen MR) is 95.0 cm³/mol. The van der Waals surface area contributed by atoms with Gasteiger partial charge in [-0.05, 0) is 23.1 Å². The SMILES string of the molecule is CC(C)(C)c1ccc2c(c1)OCC(CN1CCN(CCO)CC1)O2. The summed E-state index contributed by atoms with van der Waals surface area (Å²) in [5, 5.41) is 9.02. The second-order valence-electron chi connectivity index (χ2n) is 7.83. The number of hydrogen-bond acceptors (Lipinski definition) is 5. The van der Waals surface area contributed by atoms with Gasteiger partial charge in [0.2, 0.25) is 0 Å². The summed E-state index contributed by atoms with van der Waals surface area (Å²) < 4.78 is 12.1. The summed E-state index contributed by atoms with van der Waals surface area (Å²) in [6.07, 6.45) is 0.0855. The molecule has 1 N–H and O–H groups in total. The molecule has 1 unspecified atom stereocenters. The molecule has 1 saturated heterocycles. The quantitative estimate of drug-likeness (QED) is 0.909. The number of fused-ring (bicyclic) bond motifs is 1. The minimum absolute atomic E-state index is 0.0855. The van der Waals surface area contributed by atoms with Crippen LogP contribution in [0.1, 0.15) is 26.3 Å². The Morgan fingerprint density at radius 2 is 1.79 bits per heavy atom. The van der Waals surface area contributed by atoms with Crippen molar-refractivity contribution in [3.05, 3.63) is 23.8 Å². The first kappa shape index (κ1) is 17.5. The average Bonchev–Trinajstić information content (AvgIpc) is 2.55. The minimum Gasteiger partial charge on any atom is -0.486 e. The Labute approximate surface area is 145 Å². The number of hydrogen-bond donors (Lipinski definition) is 1. The highest BCUT2D eigenvalue weighted by atomic mass is 16.6. The van der Waals surface area contributed by atoms with Crippen molar-refractivity contribution in [3.8, 4) is 11.5 Å². The Kier molecular flexibility index (Phi) is 5.33. The fraction of sp³-hybridized carbons (Fsp3) is 0.684. The Hall–Kier alpha value is -1.30. The number of rotatable bonds is 4. The monoisotopic (exact) mass is 334 g/mol. The van der Waals surface area contributed by atoms with E-state index in [2.05, 4.69) is 42.7 Å². The smallest absolute Gasteiger partial charge is 0.161 e. The Bertz CT molecular complexity index is 548. The van der Waals surface area contributed by atoms with E-state index in [1.807, 2.05) is 6.07 Å². The first-order valence-electron chi connectivity index (χ1n) is 8.95. The molecule has 1 atom stereocenters. The van der Waals surface area contributed by atoms with Crippen LogP contribution in [0.2, 0.25) is 0 Å². The summed E-state index contributed by atoms with van der Waals surface area (Å²) in [5.41, 5.74) is 1.38. The van der Waals surface area contributed by atoms with Crippen LogP contribution in [0.5, 0.6) is 11.5 Å². The van der Waals surface area contributed by atoms with Crippen LogP contribution in [0.4, 0.5) is 0 Å². The molecule has 1 fully saturated rings. The number of benzene rings is 1. The fourth-order valence-electron chi connectivity index (χ4n) is 3.30. The van der Waals surface area contributed by atoms with E-state index in [1.54, 1.807) is 0 Å². The molecule has 0 radical (unpaired) electrons. The van der Waals surface area contributed by atoms with Gasteiger partial charge in [-0.3, -0.25) is 9.80 Å². The molecule has 2 heterocycles. The number of aliphatic hydroxyl groups is 1. The summed E-state index contributed by atoms with van der Waals surface area (Å²) in [4.78, 5) is 4.73. The summed E-state index contributed by atoms with van der Waals surface area (Å²) in [6.45, 7) is 13.2. The summed E-state index contributed by atoms with van der Waals surface area (Å²) in [7, 11) is 0. The van der Waals surface area contributed by atoms with Gasteiger partial charge in [-0.25, -0.2) is 0 Å². The van der Waals surface area contributed by atoms with Crippen molar-refractivity contribution in [1.29, 1.82) is 0 Å². The third-order valence-electron chi connectivity index (χ3n) is 4.87. The topological polar surface area (TPSA) is 45.2 Å². The minimum atomic E-state index is 0.0855. The second kappa shape index (κ2) is 7.30. The first-order valence-corrected chi connectivity index (χ1v) is 8.95. The van der Waals surface area contributed by atoms with E-state index in [1.165, 1.54) is 5.56 Å². The number of β-amino-alcohol motifs (C(OH)–C–C–N with tert-alkyl or cyclic N) is 1. The van der Waals surface area contributed by atoms with Crippen LogP contribution in [-0.4, -0.2) is 73.5 Å². The summed E-state index contributed by atoms with van der Waals surface area (Å²) in [5.74, 6) is 1.73. The van der Waals surface area contributed by atoms with Gasteiger partial charge in [0.15, 0.2) is 11.5 Å². The Balaban J connectivity index is 1.54. The zero-order valence-corrected chi connectivity index (χ0v) is 15.1. The molecule has 2 aliphatic heterocycles. The number of aliphatic hydroxyl groups excluding tert-OH is 1. The maximum Gasteiger partial charge on any atom is 0.161 e. The van der Waals surface area contributed by atoms with Gasteiger partial charge in [0.05, 0.1) is 6.61 Å². The van der Waals surface area contributed by atoms with Crippen LogP contribution < -0.4 is 9.47 Å². The van der Waals surface area contributed by atoms with Gasteiger partial charge in [-0.15, -0.1) is 0 Å². The maximum atomic E-state index is 9.02. The van der Waals surface area contributed by atoms with Crippen LogP contribution in [0.15, 0.2) is 18.2 Å². The van der Waals surface area contributed by atoms with Crippen LogP contribution >= 0.6 is 0 Å². The Morgan fingerprint density at radius 1 is 1.08 bits per heavy atom. The fourth-order valence-corrected chi connectivity index (χ4v) is 3.30. The standard InChI is InChI=1S/C19H30N2O3/c1-19(2,3)15-4-5-17-18(12-15)23-14-16(24-17)13-21-8-6-20(7-9-21)10-11-22/h4-5,12,16,22H,6-11,13-14H2,1-3H3. The largest absolute Gasteiger partial charge is 0.486 e. The van der Waals surface area contributed by atoms with E-state index in [-0.39, 0.29) is 18.1 Å². The third-order valence-corrected chi connectivity index (χ3v) is 4.87. The molecule has 0 bridgehead atoms. The van der Waals surface area contributed by atoms with E-state index < -0.39 is 0 Å². The van der Waals surface area contributed by atoms with Crippen molar-refractivity contribution in [3.63, 3.8) is 0 Å². The summed E-state index contributed by atoms with van der Waals surface area (Å²) >= 11 is 0. The highest BCUT2D eigenvalue weighted by Crippen LogP contribution is 2.36. The molecule has 134 valence electrons. The molecule has 0 aliphatic carbocycles. The van der Waals surface area contributed by atoms with E-state index in [4.69, 9.17) is 14.6 Å². The van der Waals surface area contributed by atoms with Crippen molar-refractivity contribution >= 4 is 0 Å². The number of nitrogens with zero attached hydrogens (tertiary/aromatic N) is 2. The molecule has 5 nitrogen and oxygen atoms in total. The average molecular weight is 334 g/mol. The lowest BCUT2D eigenvalue weighted by molar-refractivity contribution is 0.0376. The van der Waals surface area contributed by atoms with E-state index >= 15 is 0 Å². The normalized spacial score (nSPS) is 22.6. The summed E-state index contributed by atoms with van der Waals surface area (Å²) in [6, 6.07) is 6.29. The molecule has 24 heavy (non-hydrogen) atoms. The molecule has 3 rings (SSSR count). The highest BCUT2D eigenvalue weighted by Gasteiger charge is 2.26. The highest BCUT2D eigenvalue weighted by molar-refractivity contribution is 5.45. The first-order chi connectivity index (χ1) is 11.5. The number of piperazine rings is 1. The lowest BCUT2D eigenvalue weighted by Crippen LogP contribution is -2.51. The van der Waals surface area contributed by atoms with Crippen molar-refractivity contribution in [2.75, 3.05) is 52.5 Å². The molecular formula is C19H30N2O3. The van der Waals surface area contributed by atoms with Gasteiger partial charge in [0.25, 0.3) is 0 Å². The van der Waals surface area contributed by atoms with Crippen LogP contribution in [0.25, 0.3) is 0 Å². The van der Waals surface area contributed by atoms with E-state index in [0.717, 1.165) is 50.8 Å². The van der Waals surface area contributed by atoms with Gasteiger partial charge in [-0.2, -0.15) is 0 Å². The molecule has 1 aromatic carbocycles. The van der Waals surface area contributed by atoms with Crippen LogP contribution in [-0.2, 0) is 5.41 Å². The molecule has 0 amide bonds. The maximum absolute atomic E-state index is 9.02. The van der Waals surface area contributed by atoms with Gasteiger partial charge < -0.3 is 14.6 Å². The second-order valence-corrected chi connectivity index (χ2v) is 7.83. The van der Waals surface area contributed by atoms with Gasteiger partial charge in [-0.1, -0.05) is 26.8 Å². The third kappa shape index (κ3) is 4.21. The van der Waals surface area contributed by atoms with Crippen LogP contribution in [0.3, 0.4) is 0 Å². The van der Waals surface area contributed by atoms with Gasteiger partial charge >= 0.3 is 0 Å².